The summed E-state index contributed by atoms with van der Waals surface area (Å²) in [6, 6.07) is 17.8. The van der Waals surface area contributed by atoms with E-state index in [1.807, 2.05) is 36.4 Å². The van der Waals surface area contributed by atoms with Crippen molar-refractivity contribution in [3.8, 4) is 5.75 Å². The van der Waals surface area contributed by atoms with Gasteiger partial charge in [-0.15, -0.1) is 0 Å². The maximum Gasteiger partial charge on any atom is 0.229 e. The lowest BCUT2D eigenvalue weighted by atomic mass is 10.1. The predicted octanol–water partition coefficient (Wildman–Crippen LogP) is 3.53. The number of anilines is 1. The van der Waals surface area contributed by atoms with Crippen LogP contribution in [0, 0.1) is 5.82 Å². The number of aliphatic hydroxyl groups excluding tert-OH is 1. The molecule has 1 heterocycles. The molecule has 0 radical (unpaired) electrons. The molecule has 0 fully saturated rings. The van der Waals surface area contributed by atoms with Gasteiger partial charge in [-0.2, -0.15) is 0 Å². The minimum Gasteiger partial charge on any atom is -0.492 e. The zero-order valence-electron chi connectivity index (χ0n) is 17.4. The molecule has 0 aliphatic heterocycles. The van der Waals surface area contributed by atoms with Crippen molar-refractivity contribution in [2.24, 2.45) is 0 Å². The van der Waals surface area contributed by atoms with Crippen LogP contribution in [0.15, 0.2) is 60.7 Å². The highest BCUT2D eigenvalue weighted by molar-refractivity contribution is 7.92. The van der Waals surface area contributed by atoms with Gasteiger partial charge in [0, 0.05) is 35.4 Å². The number of rotatable bonds is 9. The zero-order valence-corrected chi connectivity index (χ0v) is 18.2. The molecule has 9 heteroatoms. The SMILES string of the molecule is CS(=O)(=O)Nc1cc([C@H](O)CNCCOc2ccc3c(c2)[nH]c2ccccc23)ccc1F. The molecule has 0 spiro atoms. The Labute approximate surface area is 185 Å². The van der Waals surface area contributed by atoms with Gasteiger partial charge < -0.3 is 20.1 Å². The third-order valence-corrected chi connectivity index (χ3v) is 5.62. The molecule has 4 N–H and O–H groups in total. The van der Waals surface area contributed by atoms with Crippen LogP contribution in [0.25, 0.3) is 21.8 Å². The molecule has 32 heavy (non-hydrogen) atoms. The number of ether oxygens (including phenoxy) is 1. The van der Waals surface area contributed by atoms with Crippen molar-refractivity contribution in [3.05, 3.63) is 72.0 Å². The van der Waals surface area contributed by atoms with Crippen molar-refractivity contribution in [3.63, 3.8) is 0 Å². The number of sulfonamides is 1. The van der Waals surface area contributed by atoms with Gasteiger partial charge in [0.15, 0.2) is 0 Å². The van der Waals surface area contributed by atoms with E-state index in [2.05, 4.69) is 21.1 Å². The minimum absolute atomic E-state index is 0.195. The van der Waals surface area contributed by atoms with E-state index in [9.17, 15) is 17.9 Å². The van der Waals surface area contributed by atoms with E-state index in [-0.39, 0.29) is 12.2 Å². The fourth-order valence-corrected chi connectivity index (χ4v) is 4.11. The molecular weight excluding hydrogens is 433 g/mol. The second kappa shape index (κ2) is 9.15. The monoisotopic (exact) mass is 457 g/mol. The smallest absolute Gasteiger partial charge is 0.229 e. The number of para-hydroxylation sites is 1. The lowest BCUT2D eigenvalue weighted by molar-refractivity contribution is 0.172. The summed E-state index contributed by atoms with van der Waals surface area (Å²) in [6.45, 7) is 1.08. The number of halogens is 1. The first-order valence-corrected chi connectivity index (χ1v) is 12.0. The normalized spacial score (nSPS) is 12.8. The Morgan fingerprint density at radius 3 is 2.66 bits per heavy atom. The molecule has 1 atom stereocenters. The molecule has 0 amide bonds. The number of nitrogens with one attached hydrogen (secondary N) is 3. The number of aromatic nitrogens is 1. The molecule has 0 unspecified atom stereocenters. The first-order valence-electron chi connectivity index (χ1n) is 10.1. The van der Waals surface area contributed by atoms with Crippen LogP contribution in [-0.2, 0) is 10.0 Å². The Bertz CT molecular complexity index is 1350. The highest BCUT2D eigenvalue weighted by atomic mass is 32.2. The molecule has 0 bridgehead atoms. The third-order valence-electron chi connectivity index (χ3n) is 5.03. The molecule has 4 rings (SSSR count). The van der Waals surface area contributed by atoms with Crippen molar-refractivity contribution in [1.29, 1.82) is 0 Å². The Morgan fingerprint density at radius 1 is 1.06 bits per heavy atom. The molecule has 1 aromatic heterocycles. The fraction of sp³-hybridized carbons (Fsp3) is 0.217. The molecule has 3 aromatic carbocycles. The number of aromatic amines is 1. The summed E-state index contributed by atoms with van der Waals surface area (Å²) in [4.78, 5) is 3.38. The molecule has 7 nitrogen and oxygen atoms in total. The van der Waals surface area contributed by atoms with Gasteiger partial charge >= 0.3 is 0 Å². The largest absolute Gasteiger partial charge is 0.492 e. The average molecular weight is 458 g/mol. The number of benzene rings is 3. The number of aliphatic hydroxyl groups is 1. The van der Waals surface area contributed by atoms with Crippen LogP contribution in [0.4, 0.5) is 10.1 Å². The summed E-state index contributed by atoms with van der Waals surface area (Å²) in [5.74, 6) is 0.0288. The van der Waals surface area contributed by atoms with Crippen LogP contribution in [0.1, 0.15) is 11.7 Å². The molecule has 0 saturated carbocycles. The summed E-state index contributed by atoms with van der Waals surface area (Å²) in [5, 5.41) is 15.7. The van der Waals surface area contributed by atoms with Gasteiger partial charge in [-0.05, 0) is 35.9 Å². The number of hydrogen-bond donors (Lipinski definition) is 4. The van der Waals surface area contributed by atoms with Gasteiger partial charge in [0.2, 0.25) is 10.0 Å². The minimum atomic E-state index is -3.62. The van der Waals surface area contributed by atoms with Crippen LogP contribution >= 0.6 is 0 Å². The molecular formula is C23H24FN3O4S. The van der Waals surface area contributed by atoms with Gasteiger partial charge in [-0.1, -0.05) is 24.3 Å². The highest BCUT2D eigenvalue weighted by Gasteiger charge is 2.13. The lowest BCUT2D eigenvalue weighted by Gasteiger charge is -2.14. The predicted molar refractivity (Wildman–Crippen MR) is 124 cm³/mol. The zero-order chi connectivity index (χ0) is 22.7. The van der Waals surface area contributed by atoms with E-state index >= 15 is 0 Å². The second-order valence-corrected chi connectivity index (χ2v) is 9.31. The van der Waals surface area contributed by atoms with E-state index in [0.717, 1.165) is 34.5 Å². The van der Waals surface area contributed by atoms with Crippen molar-refractivity contribution >= 4 is 37.5 Å². The lowest BCUT2D eigenvalue weighted by Crippen LogP contribution is -2.26. The fourth-order valence-electron chi connectivity index (χ4n) is 3.55. The van der Waals surface area contributed by atoms with Gasteiger partial charge in [0.25, 0.3) is 0 Å². The van der Waals surface area contributed by atoms with Crippen LogP contribution in [0.3, 0.4) is 0 Å². The van der Waals surface area contributed by atoms with E-state index in [0.29, 0.717) is 18.7 Å². The molecule has 0 aliphatic carbocycles. The molecule has 0 saturated heterocycles. The maximum atomic E-state index is 13.8. The van der Waals surface area contributed by atoms with Gasteiger partial charge in [0.05, 0.1) is 23.6 Å². The Balaban J connectivity index is 1.29. The first-order chi connectivity index (χ1) is 15.3. The standard InChI is InChI=1S/C23H24FN3O4S/c1-32(29,30)27-22-12-15(6-9-19(22)24)23(28)14-25-10-11-31-16-7-8-18-17-4-2-3-5-20(17)26-21(18)13-16/h2-9,12-13,23,25-28H,10-11,14H2,1H3/t23-/m1/s1. The highest BCUT2D eigenvalue weighted by Crippen LogP contribution is 2.28. The van der Waals surface area contributed by atoms with Gasteiger partial charge in [0.1, 0.15) is 18.2 Å². The summed E-state index contributed by atoms with van der Waals surface area (Å²) >= 11 is 0. The van der Waals surface area contributed by atoms with Gasteiger partial charge in [-0.3, -0.25) is 4.72 Å². The summed E-state index contributed by atoms with van der Waals surface area (Å²) in [6.07, 6.45) is 0.00547. The Hall–Kier alpha value is -3.14. The van der Waals surface area contributed by atoms with Crippen molar-refractivity contribution in [2.75, 3.05) is 30.7 Å². The van der Waals surface area contributed by atoms with Crippen molar-refractivity contribution in [2.45, 2.75) is 6.10 Å². The molecule has 0 aliphatic rings. The van der Waals surface area contributed by atoms with E-state index < -0.39 is 21.9 Å². The summed E-state index contributed by atoms with van der Waals surface area (Å²) in [5.41, 5.74) is 2.28. The molecule has 4 aromatic rings. The Morgan fingerprint density at radius 2 is 1.84 bits per heavy atom. The quantitative estimate of drug-likeness (QED) is 0.288. The summed E-state index contributed by atoms with van der Waals surface area (Å²) in [7, 11) is -3.62. The van der Waals surface area contributed by atoms with Crippen LogP contribution in [-0.4, -0.2) is 44.5 Å². The average Bonchev–Trinajstić information content (AvgIpc) is 3.11. The Kier molecular flexibility index (Phi) is 6.31. The van der Waals surface area contributed by atoms with E-state index in [4.69, 9.17) is 4.74 Å². The van der Waals surface area contributed by atoms with Crippen molar-refractivity contribution in [1.82, 2.24) is 10.3 Å². The van der Waals surface area contributed by atoms with Crippen LogP contribution in [0.2, 0.25) is 0 Å². The molecule has 168 valence electrons. The van der Waals surface area contributed by atoms with Crippen LogP contribution in [0.5, 0.6) is 5.75 Å². The van der Waals surface area contributed by atoms with E-state index in [1.54, 1.807) is 0 Å². The maximum absolute atomic E-state index is 13.8. The van der Waals surface area contributed by atoms with Crippen molar-refractivity contribution < 1.29 is 22.7 Å². The van der Waals surface area contributed by atoms with E-state index in [1.165, 1.54) is 17.5 Å². The number of fused-ring (bicyclic) bond motifs is 3. The second-order valence-electron chi connectivity index (χ2n) is 7.56. The van der Waals surface area contributed by atoms with Gasteiger partial charge in [-0.25, -0.2) is 12.8 Å². The topological polar surface area (TPSA) is 103 Å². The van der Waals surface area contributed by atoms with Crippen LogP contribution < -0.4 is 14.8 Å². The third kappa shape index (κ3) is 5.18. The number of H-pyrrole nitrogens is 1. The first kappa shape index (κ1) is 22.1. The summed E-state index contributed by atoms with van der Waals surface area (Å²) < 4.78 is 44.4. The number of hydrogen-bond acceptors (Lipinski definition) is 5.